The first-order valence-electron chi connectivity index (χ1n) is 7.45. The summed E-state index contributed by atoms with van der Waals surface area (Å²) in [4.78, 5) is 26.4. The molecule has 0 spiro atoms. The lowest BCUT2D eigenvalue weighted by atomic mass is 9.93. The van der Waals surface area contributed by atoms with Crippen molar-refractivity contribution in [2.45, 2.75) is 13.3 Å². The molecule has 0 radical (unpaired) electrons. The van der Waals surface area contributed by atoms with Crippen LogP contribution in [0, 0.1) is 0 Å². The Morgan fingerprint density at radius 2 is 1.78 bits per heavy atom. The van der Waals surface area contributed by atoms with Crippen LogP contribution < -0.4 is 4.74 Å². The monoisotopic (exact) mass is 329 g/mol. The minimum absolute atomic E-state index is 0.176. The Hall–Kier alpha value is -2.33. The molecular weight excluding hydrogens is 314 g/mol. The number of rotatable bonds is 5. The first kappa shape index (κ1) is 15.6. The second kappa shape index (κ2) is 6.05. The maximum absolute atomic E-state index is 12.6. The summed E-state index contributed by atoms with van der Waals surface area (Å²) < 4.78 is 5.74. The third kappa shape index (κ3) is 2.39. The highest BCUT2D eigenvalue weighted by Crippen LogP contribution is 2.39. The van der Waals surface area contributed by atoms with Crippen LogP contribution in [0.1, 0.15) is 34.1 Å². The van der Waals surface area contributed by atoms with Crippen LogP contribution in [0.5, 0.6) is 5.75 Å². The number of nitrogens with zero attached hydrogens (tertiary/aromatic N) is 1. The molecule has 0 N–H and O–H groups in total. The van der Waals surface area contributed by atoms with E-state index in [1.54, 1.807) is 24.3 Å². The van der Waals surface area contributed by atoms with E-state index in [9.17, 15) is 9.59 Å². The summed E-state index contributed by atoms with van der Waals surface area (Å²) in [5.41, 5.74) is 0.922. The molecule has 3 rings (SSSR count). The van der Waals surface area contributed by atoms with Crippen molar-refractivity contribution in [3.8, 4) is 5.75 Å². The van der Waals surface area contributed by atoms with E-state index in [1.807, 2.05) is 6.92 Å². The van der Waals surface area contributed by atoms with E-state index in [-0.39, 0.29) is 18.4 Å². The lowest BCUT2D eigenvalue weighted by Gasteiger charge is -2.27. The van der Waals surface area contributed by atoms with Gasteiger partial charge in [-0.25, -0.2) is 0 Å². The second-order valence-electron chi connectivity index (χ2n) is 5.31. The van der Waals surface area contributed by atoms with Crippen molar-refractivity contribution in [1.29, 1.82) is 0 Å². The number of halogens is 1. The van der Waals surface area contributed by atoms with Gasteiger partial charge in [-0.15, -0.1) is 6.58 Å². The van der Waals surface area contributed by atoms with Crippen LogP contribution in [-0.4, -0.2) is 29.9 Å². The van der Waals surface area contributed by atoms with Crippen molar-refractivity contribution in [3.63, 3.8) is 0 Å². The van der Waals surface area contributed by atoms with Gasteiger partial charge in [0, 0.05) is 28.4 Å². The highest BCUT2D eigenvalue weighted by atomic mass is 35.5. The summed E-state index contributed by atoms with van der Waals surface area (Å²) in [6, 6.07) is 6.75. The molecule has 1 aliphatic heterocycles. The lowest BCUT2D eigenvalue weighted by molar-refractivity contribution is 0.0629. The van der Waals surface area contributed by atoms with E-state index in [0.717, 1.165) is 6.42 Å². The maximum Gasteiger partial charge on any atom is 0.261 e. The molecule has 0 unspecified atom stereocenters. The molecule has 0 bridgehead atoms. The number of carbonyl (C=O) groups is 2. The summed E-state index contributed by atoms with van der Waals surface area (Å²) in [5.74, 6) is -0.0800. The van der Waals surface area contributed by atoms with Gasteiger partial charge in [0.25, 0.3) is 11.8 Å². The lowest BCUT2D eigenvalue weighted by Crippen LogP contribution is -2.40. The average Bonchev–Trinajstić information content (AvgIpc) is 2.55. The van der Waals surface area contributed by atoms with E-state index in [4.69, 9.17) is 16.3 Å². The third-order valence-electron chi connectivity index (χ3n) is 3.80. The Morgan fingerprint density at radius 3 is 2.39 bits per heavy atom. The van der Waals surface area contributed by atoms with Gasteiger partial charge in [-0.1, -0.05) is 24.6 Å². The maximum atomic E-state index is 12.6. The van der Waals surface area contributed by atoms with Crippen molar-refractivity contribution < 1.29 is 14.3 Å². The molecule has 4 nitrogen and oxygen atoms in total. The number of ether oxygens (including phenoxy) is 1. The molecule has 0 saturated carbocycles. The summed E-state index contributed by atoms with van der Waals surface area (Å²) >= 11 is 6.33. The van der Waals surface area contributed by atoms with Gasteiger partial charge in [0.05, 0.1) is 11.6 Å². The molecule has 5 heteroatoms. The van der Waals surface area contributed by atoms with Crippen LogP contribution >= 0.6 is 11.6 Å². The molecule has 0 fully saturated rings. The summed E-state index contributed by atoms with van der Waals surface area (Å²) in [6.45, 7) is 6.33. The largest absolute Gasteiger partial charge is 0.493 e. The molecular formula is C18H16ClNO3. The molecule has 0 atom stereocenters. The van der Waals surface area contributed by atoms with Crippen LogP contribution in [0.2, 0.25) is 5.02 Å². The quantitative estimate of drug-likeness (QED) is 0.613. The molecule has 1 aliphatic rings. The van der Waals surface area contributed by atoms with Gasteiger partial charge in [0.2, 0.25) is 0 Å². The molecule has 0 aliphatic carbocycles. The topological polar surface area (TPSA) is 46.6 Å². The number of carbonyl (C=O) groups excluding carboxylic acids is 2. The molecule has 2 amide bonds. The van der Waals surface area contributed by atoms with E-state index in [0.29, 0.717) is 39.3 Å². The molecule has 2 aromatic rings. The first-order valence-corrected chi connectivity index (χ1v) is 7.83. The number of amides is 2. The van der Waals surface area contributed by atoms with Gasteiger partial charge >= 0.3 is 0 Å². The van der Waals surface area contributed by atoms with Crippen molar-refractivity contribution in [2.24, 2.45) is 0 Å². The van der Waals surface area contributed by atoms with E-state index in [2.05, 4.69) is 6.58 Å². The molecule has 2 aromatic carbocycles. The minimum atomic E-state index is -0.336. The predicted octanol–water partition coefficient (Wildman–Crippen LogP) is 4.06. The van der Waals surface area contributed by atoms with Crippen molar-refractivity contribution >= 4 is 34.2 Å². The van der Waals surface area contributed by atoms with Crippen molar-refractivity contribution in [3.05, 3.63) is 53.1 Å². The SMILES string of the molecule is C=CCN1C(=O)c2ccc(Cl)c3c(OCCC)ccc(c23)C1=O. The van der Waals surface area contributed by atoms with Crippen LogP contribution in [0.3, 0.4) is 0 Å². The summed E-state index contributed by atoms with van der Waals surface area (Å²) in [5, 5.41) is 1.66. The highest BCUT2D eigenvalue weighted by molar-refractivity contribution is 6.38. The molecule has 23 heavy (non-hydrogen) atoms. The summed E-state index contributed by atoms with van der Waals surface area (Å²) in [6.07, 6.45) is 2.39. The second-order valence-corrected chi connectivity index (χ2v) is 5.72. The van der Waals surface area contributed by atoms with E-state index >= 15 is 0 Å². The third-order valence-corrected chi connectivity index (χ3v) is 4.11. The number of imide groups is 1. The predicted molar refractivity (Wildman–Crippen MR) is 90.3 cm³/mol. The average molecular weight is 330 g/mol. The first-order chi connectivity index (χ1) is 11.1. The van der Waals surface area contributed by atoms with Crippen LogP contribution in [0.15, 0.2) is 36.9 Å². The Bertz CT molecular complexity index is 806. The van der Waals surface area contributed by atoms with Gasteiger partial charge in [-0.05, 0) is 30.7 Å². The highest BCUT2D eigenvalue weighted by Gasteiger charge is 2.33. The van der Waals surface area contributed by atoms with Crippen LogP contribution in [0.4, 0.5) is 0 Å². The molecule has 0 saturated heterocycles. The van der Waals surface area contributed by atoms with Crippen LogP contribution in [-0.2, 0) is 0 Å². The zero-order valence-corrected chi connectivity index (χ0v) is 13.5. The van der Waals surface area contributed by atoms with Gasteiger partial charge in [0.15, 0.2) is 0 Å². The smallest absolute Gasteiger partial charge is 0.261 e. The Labute approximate surface area is 139 Å². The Balaban J connectivity index is 2.29. The van der Waals surface area contributed by atoms with Gasteiger partial charge in [0.1, 0.15) is 5.75 Å². The van der Waals surface area contributed by atoms with Crippen molar-refractivity contribution in [1.82, 2.24) is 4.90 Å². The fourth-order valence-electron chi connectivity index (χ4n) is 2.79. The zero-order valence-electron chi connectivity index (χ0n) is 12.8. The van der Waals surface area contributed by atoms with E-state index < -0.39 is 0 Å². The molecule has 0 aromatic heterocycles. The Morgan fingerprint density at radius 1 is 1.13 bits per heavy atom. The van der Waals surface area contributed by atoms with Gasteiger partial charge in [-0.3, -0.25) is 14.5 Å². The van der Waals surface area contributed by atoms with E-state index in [1.165, 1.54) is 11.0 Å². The molecule has 1 heterocycles. The van der Waals surface area contributed by atoms with Crippen LogP contribution in [0.25, 0.3) is 10.8 Å². The number of benzene rings is 2. The number of hydrogen-bond acceptors (Lipinski definition) is 3. The number of hydrogen-bond donors (Lipinski definition) is 0. The fraction of sp³-hybridized carbons (Fsp3) is 0.222. The zero-order chi connectivity index (χ0) is 16.6. The van der Waals surface area contributed by atoms with Crippen molar-refractivity contribution in [2.75, 3.05) is 13.2 Å². The van der Waals surface area contributed by atoms with Gasteiger partial charge < -0.3 is 4.74 Å². The fourth-order valence-corrected chi connectivity index (χ4v) is 3.04. The normalized spacial score (nSPS) is 13.6. The standard InChI is InChI=1S/C18H16ClNO3/c1-3-9-20-17(21)11-5-7-13(19)16-14(23-10-4-2)8-6-12(15(11)16)18(20)22/h3,5-8H,1,4,9-10H2,2H3. The molecule has 118 valence electrons. The summed E-state index contributed by atoms with van der Waals surface area (Å²) in [7, 11) is 0. The Kier molecular flexibility index (Phi) is 4.09. The minimum Gasteiger partial charge on any atom is -0.493 e. The van der Waals surface area contributed by atoms with Gasteiger partial charge in [-0.2, -0.15) is 0 Å².